The summed E-state index contributed by atoms with van der Waals surface area (Å²) in [5, 5.41) is 12.4. The van der Waals surface area contributed by atoms with E-state index in [0.29, 0.717) is 16.9 Å². The van der Waals surface area contributed by atoms with E-state index < -0.39 is 0 Å². The molecule has 39 heavy (non-hydrogen) atoms. The fourth-order valence-corrected chi connectivity index (χ4v) is 4.66. The second-order valence-electron chi connectivity index (χ2n) is 9.05. The van der Waals surface area contributed by atoms with Gasteiger partial charge >= 0.3 is 0 Å². The maximum absolute atomic E-state index is 12.6. The van der Waals surface area contributed by atoms with Crippen molar-refractivity contribution >= 4 is 33.5 Å². The van der Waals surface area contributed by atoms with Crippen molar-refractivity contribution in [2.75, 3.05) is 5.32 Å². The summed E-state index contributed by atoms with van der Waals surface area (Å²) in [7, 11) is 0. The lowest BCUT2D eigenvalue weighted by atomic mass is 10.1. The Bertz CT molecular complexity index is 1960. The molecule has 1 amide bonds. The van der Waals surface area contributed by atoms with Gasteiger partial charge in [0.2, 0.25) is 0 Å². The molecule has 1 aromatic carbocycles. The first-order valence-electron chi connectivity index (χ1n) is 12.3. The van der Waals surface area contributed by atoms with Crippen LogP contribution in [0.5, 0.6) is 0 Å². The summed E-state index contributed by atoms with van der Waals surface area (Å²) >= 11 is 0. The van der Waals surface area contributed by atoms with Crippen LogP contribution in [0.1, 0.15) is 10.4 Å². The number of carbonyl (C=O) groups excluding carboxylic acids is 1. The van der Waals surface area contributed by atoms with Gasteiger partial charge in [0.15, 0.2) is 5.65 Å². The van der Waals surface area contributed by atoms with Crippen LogP contribution >= 0.6 is 0 Å². The summed E-state index contributed by atoms with van der Waals surface area (Å²) in [4.78, 5) is 33.7. The molecule has 6 aromatic heterocycles. The zero-order chi connectivity index (χ0) is 26.2. The first-order valence-corrected chi connectivity index (χ1v) is 12.3. The first-order chi connectivity index (χ1) is 19.2. The summed E-state index contributed by atoms with van der Waals surface area (Å²) in [6, 6.07) is 19.0. The third-order valence-electron chi connectivity index (χ3n) is 6.56. The van der Waals surface area contributed by atoms with E-state index in [2.05, 4.69) is 46.5 Å². The lowest BCUT2D eigenvalue weighted by Gasteiger charge is -2.07. The molecule has 0 atom stereocenters. The standard InChI is InChI=1S/C30H20N8O/c39-30(18-5-2-1-3-6-18)35-22-9-20(13-32-15-22)21-10-24-28(37-38-29(24)34-14-21)26-11-23-25(16-33-17-27(23)36-26)19-7-4-8-31-12-19/h1-17,36H,(H,35,39)(H,34,37,38). The van der Waals surface area contributed by atoms with E-state index >= 15 is 0 Å². The minimum absolute atomic E-state index is 0.195. The Morgan fingerprint density at radius 2 is 1.59 bits per heavy atom. The van der Waals surface area contributed by atoms with Crippen LogP contribution < -0.4 is 5.32 Å². The van der Waals surface area contributed by atoms with E-state index in [9.17, 15) is 4.79 Å². The van der Waals surface area contributed by atoms with Crippen LogP contribution in [0.3, 0.4) is 0 Å². The minimum Gasteiger partial charge on any atom is -0.352 e. The number of carbonyl (C=O) groups is 1. The predicted octanol–water partition coefficient (Wildman–Crippen LogP) is 5.88. The SMILES string of the molecule is O=C(Nc1cncc(-c2cnc3[nH]nc(-c4cc5c(-c6cccnc6)cncc5[nH]4)c3c2)c1)c1ccccc1. The number of rotatable bonds is 5. The van der Waals surface area contributed by atoms with Gasteiger partial charge in [-0.25, -0.2) is 4.98 Å². The molecular weight excluding hydrogens is 488 g/mol. The Hall–Kier alpha value is -5.70. The molecule has 0 aliphatic rings. The minimum atomic E-state index is -0.195. The maximum Gasteiger partial charge on any atom is 0.255 e. The molecule has 0 bridgehead atoms. The highest BCUT2D eigenvalue weighted by atomic mass is 16.1. The number of aromatic nitrogens is 7. The normalized spacial score (nSPS) is 11.2. The van der Waals surface area contributed by atoms with Crippen LogP contribution in [-0.2, 0) is 0 Å². The number of pyridine rings is 4. The number of benzene rings is 1. The summed E-state index contributed by atoms with van der Waals surface area (Å²) in [5.41, 5.74) is 7.98. The average molecular weight is 509 g/mol. The number of anilines is 1. The van der Waals surface area contributed by atoms with Gasteiger partial charge in [0.1, 0.15) is 5.69 Å². The quantitative estimate of drug-likeness (QED) is 0.267. The number of aromatic amines is 2. The van der Waals surface area contributed by atoms with Crippen LogP contribution in [-0.4, -0.2) is 41.0 Å². The number of H-pyrrole nitrogens is 2. The molecule has 0 radical (unpaired) electrons. The van der Waals surface area contributed by atoms with Gasteiger partial charge in [0, 0.05) is 69.6 Å². The van der Waals surface area contributed by atoms with Crippen LogP contribution in [0.2, 0.25) is 0 Å². The molecule has 186 valence electrons. The highest BCUT2D eigenvalue weighted by Crippen LogP contribution is 2.34. The van der Waals surface area contributed by atoms with Crippen LogP contribution in [0, 0.1) is 0 Å². The Balaban J connectivity index is 1.25. The topological polar surface area (TPSA) is 125 Å². The summed E-state index contributed by atoms with van der Waals surface area (Å²) in [5.74, 6) is -0.195. The molecule has 0 aliphatic heterocycles. The van der Waals surface area contributed by atoms with Crippen molar-refractivity contribution in [3.63, 3.8) is 0 Å². The molecular formula is C30H20N8O. The van der Waals surface area contributed by atoms with Crippen LogP contribution in [0.15, 0.2) is 104 Å². The van der Waals surface area contributed by atoms with Gasteiger partial charge in [-0.15, -0.1) is 0 Å². The smallest absolute Gasteiger partial charge is 0.255 e. The highest BCUT2D eigenvalue weighted by Gasteiger charge is 2.16. The van der Waals surface area contributed by atoms with Gasteiger partial charge in [-0.2, -0.15) is 5.10 Å². The first kappa shape index (κ1) is 22.5. The molecule has 9 heteroatoms. The third kappa shape index (κ3) is 4.17. The number of fused-ring (bicyclic) bond motifs is 2. The Kier molecular flexibility index (Phi) is 5.37. The zero-order valence-electron chi connectivity index (χ0n) is 20.5. The second-order valence-corrected chi connectivity index (χ2v) is 9.05. The van der Waals surface area contributed by atoms with Crippen molar-refractivity contribution in [1.29, 1.82) is 0 Å². The van der Waals surface area contributed by atoms with Gasteiger partial charge in [-0.3, -0.25) is 24.8 Å². The van der Waals surface area contributed by atoms with E-state index in [4.69, 9.17) is 0 Å². The van der Waals surface area contributed by atoms with E-state index in [1.54, 1.807) is 43.1 Å². The fraction of sp³-hybridized carbons (Fsp3) is 0. The van der Waals surface area contributed by atoms with Crippen molar-refractivity contribution in [2.45, 2.75) is 0 Å². The largest absolute Gasteiger partial charge is 0.352 e. The van der Waals surface area contributed by atoms with E-state index in [-0.39, 0.29) is 5.91 Å². The van der Waals surface area contributed by atoms with Crippen molar-refractivity contribution in [3.8, 4) is 33.6 Å². The highest BCUT2D eigenvalue weighted by molar-refractivity contribution is 6.04. The van der Waals surface area contributed by atoms with Gasteiger partial charge in [-0.05, 0) is 36.4 Å². The fourth-order valence-electron chi connectivity index (χ4n) is 4.66. The average Bonchev–Trinajstić information content (AvgIpc) is 3.62. The Morgan fingerprint density at radius 3 is 2.46 bits per heavy atom. The molecule has 0 aliphatic carbocycles. The molecule has 0 unspecified atom stereocenters. The Labute approximate surface area is 222 Å². The van der Waals surface area contributed by atoms with Crippen molar-refractivity contribution in [3.05, 3.63) is 110 Å². The monoisotopic (exact) mass is 508 g/mol. The molecule has 0 saturated carbocycles. The molecule has 7 aromatic rings. The second kappa shape index (κ2) is 9.31. The number of hydrogen-bond donors (Lipinski definition) is 3. The van der Waals surface area contributed by atoms with Gasteiger partial charge in [0.05, 0.1) is 29.3 Å². The number of amides is 1. The van der Waals surface area contributed by atoms with Crippen LogP contribution in [0.25, 0.3) is 55.6 Å². The molecule has 6 heterocycles. The molecule has 0 saturated heterocycles. The number of hydrogen-bond acceptors (Lipinski definition) is 6. The van der Waals surface area contributed by atoms with Gasteiger partial charge < -0.3 is 10.3 Å². The van der Waals surface area contributed by atoms with E-state index in [1.807, 2.05) is 54.9 Å². The third-order valence-corrected chi connectivity index (χ3v) is 6.56. The summed E-state index contributed by atoms with van der Waals surface area (Å²) in [6.07, 6.45) is 12.4. The van der Waals surface area contributed by atoms with Crippen molar-refractivity contribution in [1.82, 2.24) is 35.1 Å². The van der Waals surface area contributed by atoms with E-state index in [0.717, 1.165) is 49.9 Å². The molecule has 7 rings (SSSR count). The van der Waals surface area contributed by atoms with Crippen molar-refractivity contribution in [2.24, 2.45) is 0 Å². The zero-order valence-corrected chi connectivity index (χ0v) is 20.5. The predicted molar refractivity (Wildman–Crippen MR) is 150 cm³/mol. The molecule has 0 spiro atoms. The van der Waals surface area contributed by atoms with Crippen molar-refractivity contribution < 1.29 is 4.79 Å². The Morgan fingerprint density at radius 1 is 0.744 bits per heavy atom. The summed E-state index contributed by atoms with van der Waals surface area (Å²) < 4.78 is 0. The molecule has 0 fully saturated rings. The van der Waals surface area contributed by atoms with Gasteiger partial charge in [0.25, 0.3) is 5.91 Å². The van der Waals surface area contributed by atoms with E-state index in [1.165, 1.54) is 0 Å². The van der Waals surface area contributed by atoms with Crippen LogP contribution in [0.4, 0.5) is 5.69 Å². The molecule has 9 nitrogen and oxygen atoms in total. The maximum atomic E-state index is 12.6. The van der Waals surface area contributed by atoms with Gasteiger partial charge in [-0.1, -0.05) is 24.3 Å². The number of nitrogens with zero attached hydrogens (tertiary/aromatic N) is 5. The number of nitrogens with one attached hydrogen (secondary N) is 3. The lowest BCUT2D eigenvalue weighted by Crippen LogP contribution is -2.11. The lowest BCUT2D eigenvalue weighted by molar-refractivity contribution is 0.102. The molecule has 3 N–H and O–H groups in total. The summed E-state index contributed by atoms with van der Waals surface area (Å²) in [6.45, 7) is 0.